The maximum Gasteiger partial charge on any atom is 0.226 e. The Morgan fingerprint density at radius 1 is 1.43 bits per heavy atom. The Labute approximate surface area is 136 Å². The van der Waals surface area contributed by atoms with Crippen molar-refractivity contribution in [2.24, 2.45) is 0 Å². The van der Waals surface area contributed by atoms with Crippen LogP contribution < -0.4 is 0 Å². The molecule has 0 aromatic carbocycles. The molecule has 23 heavy (non-hydrogen) atoms. The summed E-state index contributed by atoms with van der Waals surface area (Å²) in [6, 6.07) is 0.560. The molecule has 8 nitrogen and oxygen atoms in total. The molecule has 126 valence electrons. The maximum atomic E-state index is 5.20. The summed E-state index contributed by atoms with van der Waals surface area (Å²) in [5.74, 6) is 1.52. The first-order valence-electron chi connectivity index (χ1n) is 8.31. The number of hydrogen-bond donors (Lipinski definition) is 0. The number of likely N-dealkylation sites (tertiary alicyclic amines) is 1. The predicted molar refractivity (Wildman–Crippen MR) is 84.6 cm³/mol. The number of aryl methyl sites for hydroxylation is 1. The van der Waals surface area contributed by atoms with Crippen molar-refractivity contribution in [1.29, 1.82) is 0 Å². The van der Waals surface area contributed by atoms with Crippen molar-refractivity contribution in [3.8, 4) is 0 Å². The van der Waals surface area contributed by atoms with Crippen LogP contribution in [0.2, 0.25) is 0 Å². The summed E-state index contributed by atoms with van der Waals surface area (Å²) in [7, 11) is 2.19. The monoisotopic (exact) mass is 319 g/mol. The fourth-order valence-corrected chi connectivity index (χ4v) is 3.02. The van der Waals surface area contributed by atoms with E-state index in [0.717, 1.165) is 50.9 Å². The van der Waals surface area contributed by atoms with E-state index in [1.54, 1.807) is 12.7 Å². The van der Waals surface area contributed by atoms with E-state index in [0.29, 0.717) is 6.04 Å². The normalized spacial score (nSPS) is 19.5. The third-order valence-corrected chi connectivity index (χ3v) is 4.43. The molecule has 1 aliphatic rings. The first-order valence-corrected chi connectivity index (χ1v) is 8.31. The van der Waals surface area contributed by atoms with Gasteiger partial charge in [0.1, 0.15) is 12.7 Å². The summed E-state index contributed by atoms with van der Waals surface area (Å²) in [4.78, 5) is 13.2. The van der Waals surface area contributed by atoms with Crippen molar-refractivity contribution >= 4 is 0 Å². The van der Waals surface area contributed by atoms with E-state index in [9.17, 15) is 0 Å². The van der Waals surface area contributed by atoms with Crippen molar-refractivity contribution in [3.05, 3.63) is 24.4 Å². The van der Waals surface area contributed by atoms with E-state index in [2.05, 4.69) is 37.1 Å². The quantitative estimate of drug-likeness (QED) is 0.748. The van der Waals surface area contributed by atoms with E-state index in [-0.39, 0.29) is 0 Å². The van der Waals surface area contributed by atoms with Gasteiger partial charge in [-0.1, -0.05) is 12.1 Å². The maximum absolute atomic E-state index is 5.20. The van der Waals surface area contributed by atoms with Gasteiger partial charge in [0, 0.05) is 25.6 Å². The van der Waals surface area contributed by atoms with Gasteiger partial charge in [0.25, 0.3) is 0 Å². The van der Waals surface area contributed by atoms with Gasteiger partial charge in [-0.2, -0.15) is 10.1 Å². The Morgan fingerprint density at radius 2 is 2.35 bits per heavy atom. The molecule has 0 unspecified atom stereocenters. The van der Waals surface area contributed by atoms with Gasteiger partial charge in [-0.15, -0.1) is 0 Å². The zero-order valence-corrected chi connectivity index (χ0v) is 13.9. The first-order chi connectivity index (χ1) is 11.2. The Hall–Kier alpha value is -1.80. The van der Waals surface area contributed by atoms with Crippen LogP contribution in [0.4, 0.5) is 0 Å². The van der Waals surface area contributed by atoms with E-state index >= 15 is 0 Å². The van der Waals surface area contributed by atoms with E-state index in [1.807, 2.05) is 11.6 Å². The van der Waals surface area contributed by atoms with Crippen LogP contribution in [0.5, 0.6) is 0 Å². The topological polar surface area (TPSA) is 76.1 Å². The molecule has 1 atom stereocenters. The lowest BCUT2D eigenvalue weighted by molar-refractivity contribution is 0.106. The zero-order valence-electron chi connectivity index (χ0n) is 13.9. The van der Waals surface area contributed by atoms with Gasteiger partial charge in [0.05, 0.1) is 13.1 Å². The number of likely N-dealkylation sites (N-methyl/N-ethyl adjacent to an activating group) is 1. The minimum Gasteiger partial charge on any atom is -0.339 e. The lowest BCUT2D eigenvalue weighted by Gasteiger charge is -2.37. The predicted octanol–water partition coefficient (Wildman–Crippen LogP) is 0.820. The summed E-state index contributed by atoms with van der Waals surface area (Å²) >= 11 is 0. The SMILES string of the molecule is CCc1nc(CN2CCC[C@H](N(C)CCn3cncn3)C2)no1. The molecule has 1 saturated heterocycles. The molecule has 3 rings (SSSR count). The van der Waals surface area contributed by atoms with Crippen LogP contribution in [-0.4, -0.2) is 67.4 Å². The molecule has 0 spiro atoms. The molecule has 0 amide bonds. The summed E-state index contributed by atoms with van der Waals surface area (Å²) in [6.07, 6.45) is 6.58. The highest BCUT2D eigenvalue weighted by molar-refractivity contribution is 4.88. The van der Waals surface area contributed by atoms with Crippen molar-refractivity contribution in [2.45, 2.75) is 45.3 Å². The highest BCUT2D eigenvalue weighted by Gasteiger charge is 2.24. The summed E-state index contributed by atoms with van der Waals surface area (Å²) < 4.78 is 7.07. The Bertz CT molecular complexity index is 582. The number of aromatic nitrogens is 5. The number of rotatable bonds is 7. The number of piperidine rings is 1. The number of hydrogen-bond acceptors (Lipinski definition) is 7. The molecular weight excluding hydrogens is 294 g/mol. The third-order valence-electron chi connectivity index (χ3n) is 4.43. The Kier molecular flexibility index (Phi) is 5.35. The van der Waals surface area contributed by atoms with Gasteiger partial charge >= 0.3 is 0 Å². The van der Waals surface area contributed by atoms with E-state index in [4.69, 9.17) is 4.52 Å². The fraction of sp³-hybridized carbons (Fsp3) is 0.733. The average molecular weight is 319 g/mol. The van der Waals surface area contributed by atoms with Crippen molar-refractivity contribution in [1.82, 2.24) is 34.7 Å². The van der Waals surface area contributed by atoms with Crippen LogP contribution in [-0.2, 0) is 19.5 Å². The molecular formula is C15H25N7O. The molecule has 0 bridgehead atoms. The Balaban J connectivity index is 1.48. The van der Waals surface area contributed by atoms with Crippen molar-refractivity contribution in [2.75, 3.05) is 26.7 Å². The van der Waals surface area contributed by atoms with Gasteiger partial charge in [0.15, 0.2) is 5.82 Å². The highest BCUT2D eigenvalue weighted by atomic mass is 16.5. The van der Waals surface area contributed by atoms with E-state index < -0.39 is 0 Å². The molecule has 3 heterocycles. The second kappa shape index (κ2) is 7.65. The lowest BCUT2D eigenvalue weighted by atomic mass is 10.0. The van der Waals surface area contributed by atoms with Gasteiger partial charge in [-0.05, 0) is 26.4 Å². The first kappa shape index (κ1) is 16.1. The van der Waals surface area contributed by atoms with Crippen LogP contribution >= 0.6 is 0 Å². The van der Waals surface area contributed by atoms with Crippen molar-refractivity contribution < 1.29 is 4.52 Å². The van der Waals surface area contributed by atoms with Crippen LogP contribution in [0.3, 0.4) is 0 Å². The van der Waals surface area contributed by atoms with Crippen LogP contribution in [0.1, 0.15) is 31.5 Å². The van der Waals surface area contributed by atoms with Gasteiger partial charge < -0.3 is 9.42 Å². The highest BCUT2D eigenvalue weighted by Crippen LogP contribution is 2.16. The molecule has 2 aromatic rings. The molecule has 8 heteroatoms. The molecule has 1 aliphatic heterocycles. The second-order valence-electron chi connectivity index (χ2n) is 6.13. The van der Waals surface area contributed by atoms with Gasteiger partial charge in [-0.3, -0.25) is 9.58 Å². The smallest absolute Gasteiger partial charge is 0.226 e. The molecule has 0 radical (unpaired) electrons. The molecule has 1 fully saturated rings. The average Bonchev–Trinajstić information content (AvgIpc) is 3.24. The van der Waals surface area contributed by atoms with Crippen molar-refractivity contribution in [3.63, 3.8) is 0 Å². The zero-order chi connectivity index (χ0) is 16.1. The third kappa shape index (κ3) is 4.35. The largest absolute Gasteiger partial charge is 0.339 e. The standard InChI is InChI=1S/C15H25N7O/c1-3-15-18-14(19-23-15)10-21-6-4-5-13(9-21)20(2)7-8-22-12-16-11-17-22/h11-13H,3-10H2,1-2H3/t13-/m0/s1. The summed E-state index contributed by atoms with van der Waals surface area (Å²) in [5, 5.41) is 8.22. The lowest BCUT2D eigenvalue weighted by Crippen LogP contribution is -2.47. The van der Waals surface area contributed by atoms with Gasteiger partial charge in [-0.25, -0.2) is 4.98 Å². The summed E-state index contributed by atoms with van der Waals surface area (Å²) in [5.41, 5.74) is 0. The van der Waals surface area contributed by atoms with E-state index in [1.165, 1.54) is 12.8 Å². The number of nitrogens with zero attached hydrogens (tertiary/aromatic N) is 7. The van der Waals surface area contributed by atoms with Crippen LogP contribution in [0, 0.1) is 0 Å². The molecule has 0 N–H and O–H groups in total. The Morgan fingerprint density at radius 3 is 3.09 bits per heavy atom. The molecule has 2 aromatic heterocycles. The summed E-state index contributed by atoms with van der Waals surface area (Å²) in [6.45, 7) is 6.80. The van der Waals surface area contributed by atoms with Crippen LogP contribution in [0.25, 0.3) is 0 Å². The minimum absolute atomic E-state index is 0.560. The van der Waals surface area contributed by atoms with Crippen LogP contribution in [0.15, 0.2) is 17.2 Å². The fourth-order valence-electron chi connectivity index (χ4n) is 3.02. The molecule has 0 saturated carbocycles. The molecule has 0 aliphatic carbocycles. The van der Waals surface area contributed by atoms with Gasteiger partial charge in [0.2, 0.25) is 5.89 Å². The minimum atomic E-state index is 0.560. The second-order valence-corrected chi connectivity index (χ2v) is 6.13.